The molecule has 0 amide bonds. The smallest absolute Gasteiger partial charge is 0.302 e. The minimum absolute atomic E-state index is 0.839. The fourth-order valence-electron chi connectivity index (χ4n) is 1.32. The zero-order valence-corrected chi connectivity index (χ0v) is 6.21. The summed E-state index contributed by atoms with van der Waals surface area (Å²) in [4.78, 5) is 4.02. The number of nitrogens with zero attached hydrogens (tertiary/aromatic N) is 3. The molecule has 0 saturated heterocycles. The van der Waals surface area contributed by atoms with Crippen molar-refractivity contribution in [2.75, 3.05) is 0 Å². The molecule has 0 radical (unpaired) electrons. The van der Waals surface area contributed by atoms with E-state index in [-0.39, 0.29) is 0 Å². The molecule has 0 aromatic carbocycles. The molecule has 4 nitrogen and oxygen atoms in total. The molecule has 12 heavy (non-hydrogen) atoms. The Morgan fingerprint density at radius 1 is 1.50 bits per heavy atom. The van der Waals surface area contributed by atoms with Gasteiger partial charge in [0.2, 0.25) is 11.8 Å². The van der Waals surface area contributed by atoms with E-state index >= 15 is 0 Å². The molecule has 3 heterocycles. The van der Waals surface area contributed by atoms with Gasteiger partial charge in [0.05, 0.1) is 0 Å². The molecule has 0 aliphatic rings. The molecule has 0 N–H and O–H groups in total. The van der Waals surface area contributed by atoms with E-state index in [1.165, 1.54) is 0 Å². The number of hydrogen-bond acceptors (Lipinski definition) is 2. The SMILES string of the molecule is c1cn2oc3ccncc3[n+]2c1. The first-order chi connectivity index (χ1) is 5.95. The highest BCUT2D eigenvalue weighted by atomic mass is 16.5. The Hall–Kier alpha value is -1.84. The summed E-state index contributed by atoms with van der Waals surface area (Å²) in [5.41, 5.74) is 1.81. The topological polar surface area (TPSA) is 34.5 Å². The molecule has 3 rings (SSSR count). The van der Waals surface area contributed by atoms with Gasteiger partial charge in [-0.15, -0.1) is 0 Å². The van der Waals surface area contributed by atoms with Crippen molar-refractivity contribution in [3.8, 4) is 0 Å². The molecule has 0 unspecified atom stereocenters. The molecule has 0 atom stereocenters. The fraction of sp³-hybridized carbons (Fsp3) is 0. The van der Waals surface area contributed by atoms with Gasteiger partial charge in [-0.2, -0.15) is 0 Å². The van der Waals surface area contributed by atoms with Crippen molar-refractivity contribution in [2.45, 2.75) is 0 Å². The highest BCUT2D eigenvalue weighted by molar-refractivity contribution is 5.65. The number of hydrogen-bond donors (Lipinski definition) is 0. The summed E-state index contributed by atoms with van der Waals surface area (Å²) in [5, 5.41) is 0. The third-order valence-electron chi connectivity index (χ3n) is 1.85. The van der Waals surface area contributed by atoms with Gasteiger partial charge in [-0.25, -0.2) is 0 Å². The Kier molecular flexibility index (Phi) is 0.889. The van der Waals surface area contributed by atoms with Crippen LogP contribution in [0.15, 0.2) is 41.4 Å². The zero-order valence-electron chi connectivity index (χ0n) is 6.21. The summed E-state index contributed by atoms with van der Waals surface area (Å²) in [6.45, 7) is 0. The van der Waals surface area contributed by atoms with Crippen LogP contribution in [0.4, 0.5) is 0 Å². The second-order valence-electron chi connectivity index (χ2n) is 2.57. The van der Waals surface area contributed by atoms with E-state index in [0.717, 1.165) is 11.1 Å². The van der Waals surface area contributed by atoms with Crippen molar-refractivity contribution in [2.24, 2.45) is 0 Å². The van der Waals surface area contributed by atoms with Crippen LogP contribution in [0.3, 0.4) is 0 Å². The molecule has 0 fully saturated rings. The highest BCUT2D eigenvalue weighted by Crippen LogP contribution is 2.06. The van der Waals surface area contributed by atoms with Gasteiger partial charge in [-0.05, 0) is 4.52 Å². The molecule has 4 heteroatoms. The Balaban J connectivity index is 2.68. The second-order valence-corrected chi connectivity index (χ2v) is 2.57. The van der Waals surface area contributed by atoms with Crippen molar-refractivity contribution in [3.63, 3.8) is 0 Å². The van der Waals surface area contributed by atoms with Crippen LogP contribution in [-0.4, -0.2) is 9.67 Å². The van der Waals surface area contributed by atoms with Crippen molar-refractivity contribution >= 4 is 11.1 Å². The first-order valence-corrected chi connectivity index (χ1v) is 3.67. The third kappa shape index (κ3) is 0.567. The lowest BCUT2D eigenvalue weighted by Gasteiger charge is -1.74. The van der Waals surface area contributed by atoms with E-state index in [1.807, 2.05) is 29.0 Å². The molecule has 0 aliphatic heterocycles. The van der Waals surface area contributed by atoms with Gasteiger partial charge in [0, 0.05) is 23.0 Å². The zero-order chi connectivity index (χ0) is 7.97. The van der Waals surface area contributed by atoms with Crippen molar-refractivity contribution in [3.05, 3.63) is 36.9 Å². The van der Waals surface area contributed by atoms with Gasteiger partial charge in [-0.1, -0.05) is 0 Å². The highest BCUT2D eigenvalue weighted by Gasteiger charge is 2.12. The summed E-state index contributed by atoms with van der Waals surface area (Å²) in [6.07, 6.45) is 7.26. The Labute approximate surface area is 67.6 Å². The molecule has 0 saturated carbocycles. The van der Waals surface area contributed by atoms with Gasteiger partial charge in [0.15, 0.2) is 0 Å². The molecule has 0 spiro atoms. The van der Waals surface area contributed by atoms with Crippen LogP contribution in [0.25, 0.3) is 11.1 Å². The lowest BCUT2D eigenvalue weighted by molar-refractivity contribution is -0.607. The van der Waals surface area contributed by atoms with Gasteiger partial charge in [0.1, 0.15) is 12.4 Å². The minimum Gasteiger partial charge on any atom is -0.321 e. The quantitative estimate of drug-likeness (QED) is 0.453. The number of aromatic nitrogens is 3. The van der Waals surface area contributed by atoms with Crippen LogP contribution in [0.2, 0.25) is 0 Å². The maximum atomic E-state index is 5.43. The van der Waals surface area contributed by atoms with Crippen LogP contribution in [0.1, 0.15) is 0 Å². The number of pyridine rings is 1. The van der Waals surface area contributed by atoms with Gasteiger partial charge < -0.3 is 4.52 Å². The van der Waals surface area contributed by atoms with Gasteiger partial charge in [0.25, 0.3) is 0 Å². The van der Waals surface area contributed by atoms with Crippen LogP contribution < -0.4 is 4.52 Å². The summed E-state index contributed by atoms with van der Waals surface area (Å²) in [5.74, 6) is 0. The van der Waals surface area contributed by atoms with Crippen LogP contribution >= 0.6 is 0 Å². The summed E-state index contributed by atoms with van der Waals surface area (Å²) < 4.78 is 8.98. The van der Waals surface area contributed by atoms with E-state index in [2.05, 4.69) is 4.98 Å². The molecule has 0 aliphatic carbocycles. The third-order valence-corrected chi connectivity index (χ3v) is 1.85. The second kappa shape index (κ2) is 1.85. The van der Waals surface area contributed by atoms with Crippen molar-refractivity contribution < 1.29 is 9.04 Å². The monoisotopic (exact) mass is 160 g/mol. The molecule has 0 bridgehead atoms. The largest absolute Gasteiger partial charge is 0.321 e. The first-order valence-electron chi connectivity index (χ1n) is 3.67. The molecule has 3 aromatic heterocycles. The predicted molar refractivity (Wildman–Crippen MR) is 40.6 cm³/mol. The van der Waals surface area contributed by atoms with Crippen LogP contribution in [-0.2, 0) is 0 Å². The van der Waals surface area contributed by atoms with Gasteiger partial charge >= 0.3 is 5.52 Å². The lowest BCUT2D eigenvalue weighted by Crippen LogP contribution is -2.22. The Bertz CT molecular complexity index is 536. The number of fused-ring (bicyclic) bond motifs is 3. The van der Waals surface area contributed by atoms with Crippen LogP contribution in [0, 0.1) is 0 Å². The minimum atomic E-state index is 0.839. The maximum absolute atomic E-state index is 5.43. The van der Waals surface area contributed by atoms with Crippen molar-refractivity contribution in [1.82, 2.24) is 9.67 Å². The maximum Gasteiger partial charge on any atom is 0.302 e. The van der Waals surface area contributed by atoms with E-state index < -0.39 is 0 Å². The van der Waals surface area contributed by atoms with Crippen molar-refractivity contribution in [1.29, 1.82) is 0 Å². The Morgan fingerprint density at radius 2 is 2.50 bits per heavy atom. The molecule has 3 aromatic rings. The first kappa shape index (κ1) is 5.77. The average molecular weight is 160 g/mol. The molecular weight excluding hydrogens is 154 g/mol. The summed E-state index contributed by atoms with van der Waals surface area (Å²) in [7, 11) is 0. The standard InChI is InChI=1S/C8H6N3O/c1-4-10-7-6-9-3-2-8(7)12-11(10)5-1/h1-6H/q+1. The lowest BCUT2D eigenvalue weighted by atomic mass is 10.4. The fourth-order valence-corrected chi connectivity index (χ4v) is 1.32. The summed E-state index contributed by atoms with van der Waals surface area (Å²) in [6, 6.07) is 3.76. The predicted octanol–water partition coefficient (Wildman–Crippen LogP) is 0.666. The van der Waals surface area contributed by atoms with E-state index in [1.54, 1.807) is 17.1 Å². The Morgan fingerprint density at radius 3 is 3.50 bits per heavy atom. The van der Waals surface area contributed by atoms with E-state index in [9.17, 15) is 0 Å². The normalized spacial score (nSPS) is 11.3. The average Bonchev–Trinajstić information content (AvgIpc) is 2.62. The van der Waals surface area contributed by atoms with Gasteiger partial charge in [-0.3, -0.25) is 4.98 Å². The molecular formula is C8H6N3O+. The summed E-state index contributed by atoms with van der Waals surface area (Å²) >= 11 is 0. The van der Waals surface area contributed by atoms with E-state index in [0.29, 0.717) is 0 Å². The number of rotatable bonds is 0. The molecule has 58 valence electrons. The van der Waals surface area contributed by atoms with E-state index in [4.69, 9.17) is 4.52 Å². The van der Waals surface area contributed by atoms with Crippen LogP contribution in [0.5, 0.6) is 0 Å².